The van der Waals surface area contributed by atoms with E-state index in [1.165, 1.54) is 12.0 Å². The van der Waals surface area contributed by atoms with Gasteiger partial charge in [0.05, 0.1) is 13.2 Å². The molecule has 3 aliphatic rings. The standard InChI is InChI=1S/C32H43NO9Si/c1-8-36-30(35)24-19-26(38-21(2)34)42-33(24)29-28-27(40-32(6,7)41-28)25(39-29)20-37-43(31(3,4)5,22-15-11-9-12-16-22)23-17-13-10-14-18-23/h9-18,24-29H,8,19-20H2,1-7H3/t24-,25+,26+,27+,28+,29+/m0/s1. The molecule has 43 heavy (non-hydrogen) atoms. The minimum atomic E-state index is -2.87. The van der Waals surface area contributed by atoms with Gasteiger partial charge in [-0.05, 0) is 36.2 Å². The third-order valence-corrected chi connectivity index (χ3v) is 13.1. The third-order valence-electron chi connectivity index (χ3n) is 8.08. The zero-order valence-electron chi connectivity index (χ0n) is 26.0. The number of hydroxylamine groups is 2. The molecule has 0 amide bonds. The Morgan fingerprint density at radius 3 is 2.09 bits per heavy atom. The van der Waals surface area contributed by atoms with Gasteiger partial charge in [0.1, 0.15) is 24.4 Å². The Labute approximate surface area is 254 Å². The lowest BCUT2D eigenvalue weighted by molar-refractivity contribution is -0.309. The number of nitrogens with zero attached hydrogens (tertiary/aromatic N) is 1. The lowest BCUT2D eigenvalue weighted by atomic mass is 10.1. The molecule has 11 heteroatoms. The zero-order chi connectivity index (χ0) is 31.0. The van der Waals surface area contributed by atoms with E-state index in [0.29, 0.717) is 0 Å². The van der Waals surface area contributed by atoms with Crippen molar-refractivity contribution in [2.75, 3.05) is 13.2 Å². The molecule has 2 aromatic carbocycles. The summed E-state index contributed by atoms with van der Waals surface area (Å²) < 4.78 is 37.1. The Morgan fingerprint density at radius 1 is 0.977 bits per heavy atom. The van der Waals surface area contributed by atoms with Crippen molar-refractivity contribution in [1.29, 1.82) is 0 Å². The Kier molecular flexibility index (Phi) is 9.16. The van der Waals surface area contributed by atoms with Crippen molar-refractivity contribution in [1.82, 2.24) is 5.06 Å². The number of hydrogen-bond acceptors (Lipinski definition) is 10. The van der Waals surface area contributed by atoms with E-state index in [1.54, 1.807) is 6.92 Å². The third kappa shape index (κ3) is 6.30. The summed E-state index contributed by atoms with van der Waals surface area (Å²) in [5.74, 6) is -1.91. The Bertz CT molecular complexity index is 1230. The Balaban J connectivity index is 1.47. The van der Waals surface area contributed by atoms with Crippen LogP contribution in [0.1, 0.15) is 54.9 Å². The highest BCUT2D eigenvalue weighted by Crippen LogP contribution is 2.44. The monoisotopic (exact) mass is 613 g/mol. The highest BCUT2D eigenvalue weighted by molar-refractivity contribution is 6.99. The molecule has 0 aliphatic carbocycles. The summed E-state index contributed by atoms with van der Waals surface area (Å²) >= 11 is 0. The van der Waals surface area contributed by atoms with Gasteiger partial charge < -0.3 is 28.1 Å². The lowest BCUT2D eigenvalue weighted by Gasteiger charge is -2.43. The number of carbonyl (C=O) groups is 2. The van der Waals surface area contributed by atoms with Crippen LogP contribution >= 0.6 is 0 Å². The normalized spacial score (nSPS) is 28.9. The molecule has 0 saturated carbocycles. The summed E-state index contributed by atoms with van der Waals surface area (Å²) in [6.45, 7) is 13.8. The van der Waals surface area contributed by atoms with Gasteiger partial charge in [-0.3, -0.25) is 14.4 Å². The van der Waals surface area contributed by atoms with E-state index in [0.717, 1.165) is 10.4 Å². The molecule has 10 nitrogen and oxygen atoms in total. The Morgan fingerprint density at radius 2 is 1.56 bits per heavy atom. The van der Waals surface area contributed by atoms with Crippen LogP contribution in [0.25, 0.3) is 0 Å². The van der Waals surface area contributed by atoms with Crippen LogP contribution in [0, 0.1) is 0 Å². The zero-order valence-corrected chi connectivity index (χ0v) is 27.0. The topological polar surface area (TPSA) is 102 Å². The number of rotatable bonds is 9. The van der Waals surface area contributed by atoms with E-state index in [4.69, 9.17) is 32.9 Å². The van der Waals surface area contributed by atoms with Gasteiger partial charge in [0.25, 0.3) is 8.32 Å². The molecule has 2 aromatic rings. The largest absolute Gasteiger partial charge is 0.465 e. The first-order chi connectivity index (χ1) is 20.4. The second kappa shape index (κ2) is 12.4. The molecule has 0 unspecified atom stereocenters. The van der Waals surface area contributed by atoms with E-state index >= 15 is 0 Å². The van der Waals surface area contributed by atoms with E-state index in [2.05, 4.69) is 45.0 Å². The summed E-state index contributed by atoms with van der Waals surface area (Å²) in [5, 5.41) is 3.48. The summed E-state index contributed by atoms with van der Waals surface area (Å²) in [6, 6.07) is 19.9. The molecule has 3 aliphatic heterocycles. The van der Waals surface area contributed by atoms with Crippen molar-refractivity contribution < 1.29 is 42.5 Å². The predicted octanol–water partition coefficient (Wildman–Crippen LogP) is 3.27. The van der Waals surface area contributed by atoms with Crippen molar-refractivity contribution in [3.05, 3.63) is 60.7 Å². The van der Waals surface area contributed by atoms with Crippen LogP contribution < -0.4 is 10.4 Å². The van der Waals surface area contributed by atoms with Gasteiger partial charge in [-0.2, -0.15) is 0 Å². The molecule has 3 saturated heterocycles. The van der Waals surface area contributed by atoms with Gasteiger partial charge in [-0.1, -0.05) is 81.4 Å². The van der Waals surface area contributed by atoms with Crippen LogP contribution in [0.5, 0.6) is 0 Å². The second-order valence-corrected chi connectivity index (χ2v) is 16.9. The maximum Gasteiger partial charge on any atom is 0.326 e. The first-order valence-electron chi connectivity index (χ1n) is 14.9. The fraction of sp³-hybridized carbons (Fsp3) is 0.562. The Hall–Kier alpha value is -2.64. The van der Waals surface area contributed by atoms with E-state index in [1.807, 2.05) is 50.2 Å². The van der Waals surface area contributed by atoms with Crippen LogP contribution in [0.4, 0.5) is 0 Å². The quantitative estimate of drug-likeness (QED) is 0.309. The second-order valence-electron chi connectivity index (χ2n) is 12.6. The van der Waals surface area contributed by atoms with E-state index in [9.17, 15) is 9.59 Å². The van der Waals surface area contributed by atoms with Gasteiger partial charge in [0.2, 0.25) is 6.29 Å². The molecule has 0 bridgehead atoms. The maximum absolute atomic E-state index is 13.0. The highest BCUT2D eigenvalue weighted by Gasteiger charge is 2.61. The summed E-state index contributed by atoms with van der Waals surface area (Å²) in [5.41, 5.74) is 0. The number of ether oxygens (including phenoxy) is 5. The van der Waals surface area contributed by atoms with Crippen molar-refractivity contribution in [2.24, 2.45) is 0 Å². The molecule has 234 valence electrons. The molecule has 0 spiro atoms. The van der Waals surface area contributed by atoms with Crippen molar-refractivity contribution in [2.45, 2.75) is 103 Å². The highest BCUT2D eigenvalue weighted by atomic mass is 28.4. The molecule has 3 fully saturated rings. The van der Waals surface area contributed by atoms with Gasteiger partial charge in [0.15, 0.2) is 12.0 Å². The van der Waals surface area contributed by atoms with Crippen molar-refractivity contribution in [3.8, 4) is 0 Å². The molecule has 5 rings (SSSR count). The molecule has 0 aromatic heterocycles. The molecular formula is C32H43NO9Si. The number of esters is 2. The SMILES string of the molecule is CCOC(=O)[C@@H]1C[C@H](OC(C)=O)ON1[C@@H]1O[C@H](CO[Si](c2ccccc2)(c2ccccc2)C(C)(C)C)[C@H]2OC(C)(C)O[C@H]21. The van der Waals surface area contributed by atoms with Crippen LogP contribution in [-0.2, 0) is 42.5 Å². The predicted molar refractivity (Wildman–Crippen MR) is 160 cm³/mol. The van der Waals surface area contributed by atoms with Crippen LogP contribution in [0.3, 0.4) is 0 Å². The van der Waals surface area contributed by atoms with Crippen molar-refractivity contribution >= 4 is 30.6 Å². The van der Waals surface area contributed by atoms with Crippen LogP contribution in [0.2, 0.25) is 5.04 Å². The summed E-state index contributed by atoms with van der Waals surface area (Å²) in [7, 11) is -2.87. The average Bonchev–Trinajstić information content (AvgIpc) is 3.60. The van der Waals surface area contributed by atoms with Crippen LogP contribution in [0.15, 0.2) is 60.7 Å². The summed E-state index contributed by atoms with van der Waals surface area (Å²) in [4.78, 5) is 30.7. The summed E-state index contributed by atoms with van der Waals surface area (Å²) in [6.07, 6.45) is -3.35. The minimum Gasteiger partial charge on any atom is -0.465 e. The fourth-order valence-electron chi connectivity index (χ4n) is 6.44. The van der Waals surface area contributed by atoms with Gasteiger partial charge in [-0.15, -0.1) is 5.06 Å². The fourth-order valence-corrected chi connectivity index (χ4v) is 11.0. The van der Waals surface area contributed by atoms with Gasteiger partial charge in [-0.25, -0.2) is 0 Å². The lowest BCUT2D eigenvalue weighted by Crippen LogP contribution is -2.67. The first kappa shape index (κ1) is 31.8. The van der Waals surface area contributed by atoms with Gasteiger partial charge >= 0.3 is 11.9 Å². The smallest absolute Gasteiger partial charge is 0.326 e. The van der Waals surface area contributed by atoms with Gasteiger partial charge in [0, 0.05) is 13.3 Å². The number of carbonyl (C=O) groups excluding carboxylic acids is 2. The average molecular weight is 614 g/mol. The molecule has 0 radical (unpaired) electrons. The minimum absolute atomic E-state index is 0.100. The number of benzene rings is 2. The molecule has 0 N–H and O–H groups in total. The van der Waals surface area contributed by atoms with Crippen LogP contribution in [-0.4, -0.2) is 81.2 Å². The first-order valence-corrected chi connectivity index (χ1v) is 16.8. The van der Waals surface area contributed by atoms with E-state index < -0.39 is 62.9 Å². The molecule has 6 atom stereocenters. The molecular weight excluding hydrogens is 570 g/mol. The number of fused-ring (bicyclic) bond motifs is 1. The maximum atomic E-state index is 13.0. The molecule has 3 heterocycles. The van der Waals surface area contributed by atoms with E-state index in [-0.39, 0.29) is 24.7 Å². The van der Waals surface area contributed by atoms with Crippen molar-refractivity contribution in [3.63, 3.8) is 0 Å². The number of hydrogen-bond donors (Lipinski definition) is 0.